The van der Waals surface area contributed by atoms with Crippen LogP contribution in [0.1, 0.15) is 73.6 Å². The fraction of sp³-hybridized carbons (Fsp3) is 1.00. The summed E-state index contributed by atoms with van der Waals surface area (Å²) >= 11 is 0. The summed E-state index contributed by atoms with van der Waals surface area (Å²) in [5.74, 6) is 1.97. The van der Waals surface area contributed by atoms with Crippen molar-refractivity contribution in [3.8, 4) is 0 Å². The molecule has 2 aliphatic rings. The molecule has 2 saturated carbocycles. The van der Waals surface area contributed by atoms with E-state index in [4.69, 9.17) is 0 Å². The van der Waals surface area contributed by atoms with Crippen LogP contribution in [0.2, 0.25) is 0 Å². The number of rotatable bonds is 0. The highest BCUT2D eigenvalue weighted by molar-refractivity contribution is 5.03. The van der Waals surface area contributed by atoms with E-state index in [1.807, 2.05) is 0 Å². The summed E-state index contributed by atoms with van der Waals surface area (Å²) in [7, 11) is 0. The Hall–Kier alpha value is 0. The van der Waals surface area contributed by atoms with Gasteiger partial charge in [0.05, 0.1) is 0 Å². The van der Waals surface area contributed by atoms with Crippen molar-refractivity contribution < 1.29 is 0 Å². The first-order chi connectivity index (χ1) is 7.12. The van der Waals surface area contributed by atoms with Crippen LogP contribution in [-0.4, -0.2) is 0 Å². The van der Waals surface area contributed by atoms with Crippen molar-refractivity contribution in [1.29, 1.82) is 0 Å². The van der Waals surface area contributed by atoms with Crippen LogP contribution >= 0.6 is 0 Å². The molecule has 0 N–H and O–H groups in total. The van der Waals surface area contributed by atoms with Crippen LogP contribution in [-0.2, 0) is 0 Å². The monoisotopic (exact) mass is 222 g/mol. The van der Waals surface area contributed by atoms with Gasteiger partial charge in [-0.25, -0.2) is 0 Å². The lowest BCUT2D eigenvalue weighted by Gasteiger charge is -2.52. The van der Waals surface area contributed by atoms with Crippen LogP contribution in [0.5, 0.6) is 0 Å². The van der Waals surface area contributed by atoms with Gasteiger partial charge in [-0.2, -0.15) is 0 Å². The van der Waals surface area contributed by atoms with Gasteiger partial charge in [-0.05, 0) is 60.2 Å². The lowest BCUT2D eigenvalue weighted by atomic mass is 9.53. The Labute approximate surface area is 102 Å². The second-order valence-electron chi connectivity index (χ2n) is 8.78. The van der Waals surface area contributed by atoms with Crippen LogP contribution in [0.4, 0.5) is 0 Å². The van der Waals surface area contributed by atoms with Crippen molar-refractivity contribution >= 4 is 0 Å². The van der Waals surface area contributed by atoms with Gasteiger partial charge in [-0.1, -0.05) is 41.5 Å². The molecule has 0 aromatic heterocycles. The summed E-state index contributed by atoms with van der Waals surface area (Å²) in [5, 5.41) is 0. The van der Waals surface area contributed by atoms with Gasteiger partial charge in [0.25, 0.3) is 0 Å². The van der Waals surface area contributed by atoms with Crippen molar-refractivity contribution in [1.82, 2.24) is 0 Å². The molecule has 94 valence electrons. The van der Waals surface area contributed by atoms with E-state index in [0.29, 0.717) is 10.8 Å². The van der Waals surface area contributed by atoms with E-state index in [2.05, 4.69) is 41.5 Å². The molecule has 1 atom stereocenters. The van der Waals surface area contributed by atoms with Crippen LogP contribution in [0.15, 0.2) is 0 Å². The zero-order chi connectivity index (χ0) is 12.2. The number of hydrogen-bond acceptors (Lipinski definition) is 0. The van der Waals surface area contributed by atoms with Crippen molar-refractivity contribution in [2.24, 2.45) is 28.1 Å². The van der Waals surface area contributed by atoms with Crippen molar-refractivity contribution in [2.45, 2.75) is 73.6 Å². The molecule has 2 aliphatic carbocycles. The third-order valence-electron chi connectivity index (χ3n) is 5.51. The predicted molar refractivity (Wildman–Crippen MR) is 71.4 cm³/mol. The first kappa shape index (κ1) is 12.5. The van der Waals surface area contributed by atoms with Crippen LogP contribution < -0.4 is 0 Å². The van der Waals surface area contributed by atoms with E-state index in [1.165, 1.54) is 32.1 Å². The summed E-state index contributed by atoms with van der Waals surface area (Å²) < 4.78 is 0. The highest BCUT2D eigenvalue weighted by atomic mass is 14.6. The van der Waals surface area contributed by atoms with Crippen LogP contribution in [0.3, 0.4) is 0 Å². The van der Waals surface area contributed by atoms with Gasteiger partial charge >= 0.3 is 0 Å². The molecule has 2 rings (SSSR count). The van der Waals surface area contributed by atoms with E-state index in [1.54, 1.807) is 0 Å². The molecule has 0 amide bonds. The van der Waals surface area contributed by atoms with Gasteiger partial charge in [0.15, 0.2) is 0 Å². The van der Waals surface area contributed by atoms with E-state index in [0.717, 1.165) is 17.3 Å². The Balaban J connectivity index is 1.92. The zero-order valence-corrected chi connectivity index (χ0v) is 12.2. The zero-order valence-electron chi connectivity index (χ0n) is 12.2. The third-order valence-corrected chi connectivity index (χ3v) is 5.51. The topological polar surface area (TPSA) is 0 Å². The van der Waals surface area contributed by atoms with Gasteiger partial charge in [0, 0.05) is 0 Å². The molecule has 0 bridgehead atoms. The lowest BCUT2D eigenvalue weighted by Crippen LogP contribution is -2.42. The average Bonchev–Trinajstić information content (AvgIpc) is 2.41. The van der Waals surface area contributed by atoms with Gasteiger partial charge in [0.2, 0.25) is 0 Å². The van der Waals surface area contributed by atoms with Crippen molar-refractivity contribution in [3.05, 3.63) is 0 Å². The molecule has 0 radical (unpaired) electrons. The summed E-state index contributed by atoms with van der Waals surface area (Å²) in [6.07, 6.45) is 7.55. The first-order valence-corrected chi connectivity index (χ1v) is 7.12. The molecule has 1 unspecified atom stereocenters. The Morgan fingerprint density at radius 3 is 1.56 bits per heavy atom. The third kappa shape index (κ3) is 2.17. The second kappa shape index (κ2) is 3.50. The molecule has 0 aromatic carbocycles. The van der Waals surface area contributed by atoms with E-state index >= 15 is 0 Å². The summed E-state index contributed by atoms with van der Waals surface area (Å²) in [4.78, 5) is 0. The van der Waals surface area contributed by atoms with E-state index in [-0.39, 0.29) is 0 Å². The molecule has 0 heteroatoms. The van der Waals surface area contributed by atoms with Crippen molar-refractivity contribution in [3.63, 3.8) is 0 Å². The molecule has 16 heavy (non-hydrogen) atoms. The minimum atomic E-state index is 0.538. The lowest BCUT2D eigenvalue weighted by molar-refractivity contribution is -0.0150. The Morgan fingerprint density at radius 1 is 0.750 bits per heavy atom. The molecular weight excluding hydrogens is 192 g/mol. The Bertz CT molecular complexity index is 255. The van der Waals surface area contributed by atoms with Gasteiger partial charge in [-0.3, -0.25) is 0 Å². The fourth-order valence-electron chi connectivity index (χ4n) is 3.92. The largest absolute Gasteiger partial charge is 0.0599 e. The smallest absolute Gasteiger partial charge is 0.0289 e. The minimum absolute atomic E-state index is 0.538. The maximum absolute atomic E-state index is 2.43. The summed E-state index contributed by atoms with van der Waals surface area (Å²) in [6.45, 7) is 14.5. The van der Waals surface area contributed by atoms with E-state index in [9.17, 15) is 0 Å². The maximum atomic E-state index is 2.43. The highest BCUT2D eigenvalue weighted by Crippen LogP contribution is 2.63. The standard InChI is InChI=1S/C16H30/c1-14(2,3)12-7-8-16(9-12)10-13(11-16)15(4,5)6/h12-13H,7-11H2,1-6H3. The summed E-state index contributed by atoms with van der Waals surface area (Å²) in [5.41, 5.74) is 1.86. The van der Waals surface area contributed by atoms with Crippen LogP contribution in [0, 0.1) is 28.1 Å². The Kier molecular flexibility index (Phi) is 2.72. The van der Waals surface area contributed by atoms with Gasteiger partial charge in [0.1, 0.15) is 0 Å². The normalized spacial score (nSPS) is 40.1. The fourth-order valence-corrected chi connectivity index (χ4v) is 3.92. The highest BCUT2D eigenvalue weighted by Gasteiger charge is 2.52. The minimum Gasteiger partial charge on any atom is -0.0599 e. The Morgan fingerprint density at radius 2 is 1.19 bits per heavy atom. The molecular formula is C16H30. The van der Waals surface area contributed by atoms with E-state index < -0.39 is 0 Å². The maximum Gasteiger partial charge on any atom is -0.0289 e. The van der Waals surface area contributed by atoms with Gasteiger partial charge in [-0.15, -0.1) is 0 Å². The van der Waals surface area contributed by atoms with Crippen molar-refractivity contribution in [2.75, 3.05) is 0 Å². The molecule has 0 aliphatic heterocycles. The molecule has 0 aromatic rings. The second-order valence-corrected chi connectivity index (χ2v) is 8.78. The molecule has 0 nitrogen and oxygen atoms in total. The van der Waals surface area contributed by atoms with Gasteiger partial charge < -0.3 is 0 Å². The molecule has 1 spiro atoms. The molecule has 0 saturated heterocycles. The molecule has 2 fully saturated rings. The SMILES string of the molecule is CC(C)(C)C1CCC2(C1)CC(C(C)(C)C)C2. The quantitative estimate of drug-likeness (QED) is 0.523. The first-order valence-electron chi connectivity index (χ1n) is 7.12. The van der Waals surface area contributed by atoms with Crippen LogP contribution in [0.25, 0.3) is 0 Å². The number of hydrogen-bond donors (Lipinski definition) is 0. The summed E-state index contributed by atoms with van der Waals surface area (Å²) in [6, 6.07) is 0. The predicted octanol–water partition coefficient (Wildman–Crippen LogP) is 5.28. The molecule has 0 heterocycles. The average molecular weight is 222 g/mol.